The average Bonchev–Trinajstić information content (AvgIpc) is 2.91. The third kappa shape index (κ3) is 3.89. The average molecular weight is 401 g/mol. The van der Waals surface area contributed by atoms with Gasteiger partial charge in [-0.1, -0.05) is 12.1 Å². The fourth-order valence-electron chi connectivity index (χ4n) is 3.02. The van der Waals surface area contributed by atoms with Crippen LogP contribution >= 0.6 is 0 Å². The minimum absolute atomic E-state index is 0.218. The molecule has 0 amide bonds. The summed E-state index contributed by atoms with van der Waals surface area (Å²) in [6.07, 6.45) is -0.275. The number of carbonyl (C=O) groups excluding carboxylic acids is 1. The van der Waals surface area contributed by atoms with E-state index >= 15 is 0 Å². The predicted molar refractivity (Wildman–Crippen MR) is 108 cm³/mol. The molecule has 0 atom stereocenters. The SMILES string of the molecule is Cc1ccc(C)c(S(=O)(=O)Nc2ccc3oc(C)c(C(=O)OC(C)C)c3c2)c1. The van der Waals surface area contributed by atoms with Gasteiger partial charge in [0.15, 0.2) is 0 Å². The first-order valence-electron chi connectivity index (χ1n) is 8.92. The molecule has 1 aromatic heterocycles. The number of esters is 1. The molecular formula is C21H23NO5S. The summed E-state index contributed by atoms with van der Waals surface area (Å²) in [5, 5.41) is 0.504. The highest BCUT2D eigenvalue weighted by Gasteiger charge is 2.22. The number of benzene rings is 2. The van der Waals surface area contributed by atoms with Crippen molar-refractivity contribution in [2.45, 2.75) is 45.6 Å². The van der Waals surface area contributed by atoms with Gasteiger partial charge in [0.2, 0.25) is 0 Å². The number of furan rings is 1. The van der Waals surface area contributed by atoms with Gasteiger partial charge in [0.1, 0.15) is 16.9 Å². The molecule has 0 aliphatic heterocycles. The Labute approximate surface area is 164 Å². The monoisotopic (exact) mass is 401 g/mol. The molecule has 0 aliphatic carbocycles. The molecule has 3 rings (SSSR count). The minimum Gasteiger partial charge on any atom is -0.460 e. The quantitative estimate of drug-likeness (QED) is 0.625. The van der Waals surface area contributed by atoms with Crippen LogP contribution in [0.3, 0.4) is 0 Å². The van der Waals surface area contributed by atoms with Crippen molar-refractivity contribution in [1.82, 2.24) is 0 Å². The maximum Gasteiger partial charge on any atom is 0.342 e. The van der Waals surface area contributed by atoms with E-state index in [9.17, 15) is 13.2 Å². The standard InChI is InChI=1S/C21H23NO5S/c1-12(2)26-21(23)20-15(5)27-18-9-8-16(11-17(18)20)22-28(24,25)19-10-13(3)6-7-14(19)4/h6-12,22H,1-5H3. The van der Waals surface area contributed by atoms with E-state index < -0.39 is 16.0 Å². The van der Waals surface area contributed by atoms with Gasteiger partial charge in [-0.05, 0) is 70.0 Å². The molecule has 1 N–H and O–H groups in total. The number of carbonyl (C=O) groups is 1. The van der Waals surface area contributed by atoms with E-state index in [1.807, 2.05) is 13.0 Å². The summed E-state index contributed by atoms with van der Waals surface area (Å²) in [5.74, 6) is -0.0732. The van der Waals surface area contributed by atoms with Crippen LogP contribution in [-0.2, 0) is 14.8 Å². The first-order chi connectivity index (χ1) is 13.1. The molecule has 0 saturated carbocycles. The summed E-state index contributed by atoms with van der Waals surface area (Å²) in [6.45, 7) is 8.79. The number of anilines is 1. The van der Waals surface area contributed by atoms with Gasteiger partial charge in [0, 0.05) is 11.1 Å². The van der Waals surface area contributed by atoms with E-state index in [1.165, 1.54) is 0 Å². The Balaban J connectivity index is 2.02. The summed E-state index contributed by atoms with van der Waals surface area (Å²) in [7, 11) is -3.78. The van der Waals surface area contributed by atoms with Gasteiger partial charge in [-0.2, -0.15) is 0 Å². The van der Waals surface area contributed by atoms with Crippen molar-refractivity contribution in [3.63, 3.8) is 0 Å². The number of fused-ring (bicyclic) bond motifs is 1. The fraction of sp³-hybridized carbons (Fsp3) is 0.286. The molecule has 0 aliphatic rings. The van der Waals surface area contributed by atoms with Gasteiger partial charge in [-0.3, -0.25) is 4.72 Å². The van der Waals surface area contributed by atoms with Crippen molar-refractivity contribution in [3.8, 4) is 0 Å². The molecule has 6 nitrogen and oxygen atoms in total. The van der Waals surface area contributed by atoms with Gasteiger partial charge >= 0.3 is 5.97 Å². The summed E-state index contributed by atoms with van der Waals surface area (Å²) in [6, 6.07) is 10.1. The Morgan fingerprint density at radius 1 is 1.07 bits per heavy atom. The van der Waals surface area contributed by atoms with E-state index in [0.717, 1.165) is 5.56 Å². The highest BCUT2D eigenvalue weighted by Crippen LogP contribution is 2.30. The lowest BCUT2D eigenvalue weighted by Gasteiger charge is -2.11. The zero-order valence-corrected chi connectivity index (χ0v) is 17.3. The Kier molecular flexibility index (Phi) is 5.21. The van der Waals surface area contributed by atoms with Gasteiger partial charge in [0.25, 0.3) is 10.0 Å². The number of hydrogen-bond acceptors (Lipinski definition) is 5. The van der Waals surface area contributed by atoms with Crippen LogP contribution in [0.2, 0.25) is 0 Å². The van der Waals surface area contributed by atoms with Crippen LogP contribution in [0.25, 0.3) is 11.0 Å². The topological polar surface area (TPSA) is 85.6 Å². The number of hydrogen-bond donors (Lipinski definition) is 1. The van der Waals surface area contributed by atoms with Gasteiger partial charge in [-0.25, -0.2) is 13.2 Å². The molecule has 0 radical (unpaired) electrons. The summed E-state index contributed by atoms with van der Waals surface area (Å²) in [5.41, 5.74) is 2.64. The van der Waals surface area contributed by atoms with Crippen LogP contribution in [-0.4, -0.2) is 20.5 Å². The van der Waals surface area contributed by atoms with E-state index in [-0.39, 0.29) is 11.0 Å². The van der Waals surface area contributed by atoms with E-state index in [2.05, 4.69) is 4.72 Å². The third-order valence-electron chi connectivity index (χ3n) is 4.30. The van der Waals surface area contributed by atoms with Crippen LogP contribution in [0.15, 0.2) is 45.7 Å². The molecule has 0 unspecified atom stereocenters. The molecular weight excluding hydrogens is 378 g/mol. The Morgan fingerprint density at radius 2 is 1.79 bits per heavy atom. The Bertz CT molecular complexity index is 1160. The predicted octanol–water partition coefficient (Wildman–Crippen LogP) is 4.72. The normalized spacial score (nSPS) is 11.8. The van der Waals surface area contributed by atoms with Crippen molar-refractivity contribution in [2.75, 3.05) is 4.72 Å². The molecule has 0 spiro atoms. The van der Waals surface area contributed by atoms with Crippen LogP contribution in [0.5, 0.6) is 0 Å². The molecule has 0 bridgehead atoms. The second-order valence-corrected chi connectivity index (χ2v) is 8.72. The molecule has 28 heavy (non-hydrogen) atoms. The van der Waals surface area contributed by atoms with Crippen LogP contribution < -0.4 is 4.72 Å². The molecule has 7 heteroatoms. The molecule has 3 aromatic rings. The zero-order valence-electron chi connectivity index (χ0n) is 16.5. The molecule has 2 aromatic carbocycles. The third-order valence-corrected chi connectivity index (χ3v) is 5.82. The number of rotatable bonds is 5. The summed E-state index contributed by atoms with van der Waals surface area (Å²) >= 11 is 0. The van der Waals surface area contributed by atoms with Gasteiger partial charge in [0.05, 0.1) is 11.0 Å². The molecule has 0 saturated heterocycles. The smallest absolute Gasteiger partial charge is 0.342 e. The number of nitrogens with one attached hydrogen (secondary N) is 1. The second-order valence-electron chi connectivity index (χ2n) is 7.07. The van der Waals surface area contributed by atoms with Crippen molar-refractivity contribution < 1.29 is 22.4 Å². The lowest BCUT2D eigenvalue weighted by Crippen LogP contribution is -2.14. The first kappa shape index (κ1) is 19.9. The van der Waals surface area contributed by atoms with Crippen LogP contribution in [0.1, 0.15) is 41.1 Å². The van der Waals surface area contributed by atoms with Crippen molar-refractivity contribution >= 4 is 32.6 Å². The number of ether oxygens (including phenoxy) is 1. The first-order valence-corrected chi connectivity index (χ1v) is 10.4. The highest BCUT2D eigenvalue weighted by molar-refractivity contribution is 7.92. The summed E-state index contributed by atoms with van der Waals surface area (Å²) in [4.78, 5) is 12.6. The van der Waals surface area contributed by atoms with Crippen molar-refractivity contribution in [2.24, 2.45) is 0 Å². The fourth-order valence-corrected chi connectivity index (χ4v) is 4.40. The molecule has 1 heterocycles. The highest BCUT2D eigenvalue weighted by atomic mass is 32.2. The maximum atomic E-state index is 12.9. The van der Waals surface area contributed by atoms with Gasteiger partial charge < -0.3 is 9.15 Å². The lowest BCUT2D eigenvalue weighted by atomic mass is 10.1. The summed E-state index contributed by atoms with van der Waals surface area (Å²) < 4.78 is 39.2. The van der Waals surface area contributed by atoms with E-state index in [4.69, 9.17) is 9.15 Å². The van der Waals surface area contributed by atoms with E-state index in [1.54, 1.807) is 58.0 Å². The lowest BCUT2D eigenvalue weighted by molar-refractivity contribution is 0.0378. The second kappa shape index (κ2) is 7.31. The largest absolute Gasteiger partial charge is 0.460 e. The Hall–Kier alpha value is -2.80. The van der Waals surface area contributed by atoms with E-state index in [0.29, 0.717) is 33.5 Å². The minimum atomic E-state index is -3.78. The van der Waals surface area contributed by atoms with Gasteiger partial charge in [-0.15, -0.1) is 0 Å². The van der Waals surface area contributed by atoms with Crippen molar-refractivity contribution in [1.29, 1.82) is 0 Å². The number of aryl methyl sites for hydroxylation is 3. The molecule has 148 valence electrons. The number of sulfonamides is 1. The Morgan fingerprint density at radius 3 is 2.46 bits per heavy atom. The zero-order chi connectivity index (χ0) is 20.6. The van der Waals surface area contributed by atoms with Crippen molar-refractivity contribution in [3.05, 3.63) is 58.8 Å². The van der Waals surface area contributed by atoms with Crippen LogP contribution in [0.4, 0.5) is 5.69 Å². The molecule has 0 fully saturated rings. The maximum absolute atomic E-state index is 12.9. The van der Waals surface area contributed by atoms with Crippen LogP contribution in [0, 0.1) is 20.8 Å².